The van der Waals surface area contributed by atoms with E-state index in [1.807, 2.05) is 6.92 Å². The predicted molar refractivity (Wildman–Crippen MR) is 62.4 cm³/mol. The number of rotatable bonds is 3. The zero-order chi connectivity index (χ0) is 11.4. The smallest absolute Gasteiger partial charge is 0.254 e. The second kappa shape index (κ2) is 5.11. The van der Waals surface area contributed by atoms with Crippen molar-refractivity contribution in [2.45, 2.75) is 13.0 Å². The number of aromatic amines is 1. The van der Waals surface area contributed by atoms with Crippen LogP contribution in [-0.4, -0.2) is 34.2 Å². The summed E-state index contributed by atoms with van der Waals surface area (Å²) in [5, 5.41) is 0.707. The topological polar surface area (TPSA) is 53.2 Å². The van der Waals surface area contributed by atoms with E-state index in [-0.39, 0.29) is 17.5 Å². The van der Waals surface area contributed by atoms with Crippen LogP contribution in [0, 0.1) is 0 Å². The van der Waals surface area contributed by atoms with Crippen molar-refractivity contribution in [3.05, 3.63) is 34.2 Å². The van der Waals surface area contributed by atoms with Crippen LogP contribution >= 0.6 is 15.9 Å². The maximum atomic E-state index is 11.8. The van der Waals surface area contributed by atoms with Crippen LogP contribution in [0.3, 0.4) is 0 Å². The third-order valence-corrected chi connectivity index (χ3v) is 3.16. The van der Waals surface area contributed by atoms with Crippen LogP contribution in [0.1, 0.15) is 17.3 Å². The normalized spacial score (nSPS) is 12.2. The van der Waals surface area contributed by atoms with Crippen LogP contribution in [0.4, 0.5) is 0 Å². The largest absolute Gasteiger partial charge is 0.338 e. The molecule has 1 unspecified atom stereocenters. The number of nitrogens with one attached hydrogen (secondary N) is 1. The average molecular weight is 273 g/mol. The third-order valence-electron chi connectivity index (χ3n) is 2.23. The molecule has 4 nitrogen and oxygen atoms in total. The lowest BCUT2D eigenvalue weighted by atomic mass is 10.2. The van der Waals surface area contributed by atoms with E-state index in [1.165, 1.54) is 12.3 Å². The number of alkyl halides is 1. The molecule has 0 aliphatic rings. The SMILES string of the molecule is CC(CBr)N(C)C(=O)c1cc[nH]c(=O)c1. The third kappa shape index (κ3) is 2.92. The highest BCUT2D eigenvalue weighted by atomic mass is 79.9. The molecule has 1 rings (SSSR count). The van der Waals surface area contributed by atoms with E-state index in [1.54, 1.807) is 18.0 Å². The Hall–Kier alpha value is -1.10. The zero-order valence-corrected chi connectivity index (χ0v) is 10.2. The number of nitrogens with zero attached hydrogens (tertiary/aromatic N) is 1. The van der Waals surface area contributed by atoms with Crippen LogP contribution in [0.2, 0.25) is 0 Å². The number of aromatic nitrogens is 1. The Balaban J connectivity index is 2.90. The van der Waals surface area contributed by atoms with Crippen molar-refractivity contribution in [2.24, 2.45) is 0 Å². The second-order valence-electron chi connectivity index (χ2n) is 3.36. The summed E-state index contributed by atoms with van der Waals surface area (Å²) in [6.07, 6.45) is 1.47. The molecule has 0 aliphatic heterocycles. The molecule has 1 atom stereocenters. The van der Waals surface area contributed by atoms with Crippen LogP contribution < -0.4 is 5.56 Å². The molecule has 1 N–H and O–H groups in total. The molecule has 1 aromatic rings. The molecule has 1 heterocycles. The molecule has 0 radical (unpaired) electrons. The lowest BCUT2D eigenvalue weighted by Gasteiger charge is -2.23. The zero-order valence-electron chi connectivity index (χ0n) is 8.66. The molecule has 0 spiro atoms. The fraction of sp³-hybridized carbons (Fsp3) is 0.400. The summed E-state index contributed by atoms with van der Waals surface area (Å²) in [5.41, 5.74) is 0.148. The van der Waals surface area contributed by atoms with Gasteiger partial charge in [-0.1, -0.05) is 15.9 Å². The molecule has 5 heteroatoms. The number of carbonyl (C=O) groups is 1. The molecular weight excluding hydrogens is 260 g/mol. The van der Waals surface area contributed by atoms with Gasteiger partial charge in [-0.3, -0.25) is 9.59 Å². The van der Waals surface area contributed by atoms with Gasteiger partial charge in [0.25, 0.3) is 5.91 Å². The minimum absolute atomic E-state index is 0.0942. The first kappa shape index (κ1) is 12.0. The summed E-state index contributed by atoms with van der Waals surface area (Å²) in [7, 11) is 1.72. The summed E-state index contributed by atoms with van der Waals surface area (Å²) in [6, 6.07) is 3.00. The van der Waals surface area contributed by atoms with Crippen molar-refractivity contribution >= 4 is 21.8 Å². The number of pyridine rings is 1. The second-order valence-corrected chi connectivity index (χ2v) is 4.01. The van der Waals surface area contributed by atoms with Gasteiger partial charge in [0, 0.05) is 36.2 Å². The molecule has 15 heavy (non-hydrogen) atoms. The molecule has 82 valence electrons. The Kier molecular flexibility index (Phi) is 4.08. The molecular formula is C10H13BrN2O2. The van der Waals surface area contributed by atoms with Crippen LogP contribution in [0.5, 0.6) is 0 Å². The molecule has 0 aromatic carbocycles. The number of halogens is 1. The van der Waals surface area contributed by atoms with E-state index in [9.17, 15) is 9.59 Å². The fourth-order valence-corrected chi connectivity index (χ4v) is 1.52. The van der Waals surface area contributed by atoms with E-state index >= 15 is 0 Å². The van der Waals surface area contributed by atoms with Crippen molar-refractivity contribution in [1.82, 2.24) is 9.88 Å². The lowest BCUT2D eigenvalue weighted by molar-refractivity contribution is 0.0758. The Morgan fingerprint density at radius 1 is 1.67 bits per heavy atom. The van der Waals surface area contributed by atoms with Crippen molar-refractivity contribution in [1.29, 1.82) is 0 Å². The Labute approximate surface area is 96.4 Å². The van der Waals surface area contributed by atoms with Crippen molar-refractivity contribution in [3.8, 4) is 0 Å². The number of amides is 1. The molecule has 0 bridgehead atoms. The average Bonchev–Trinajstić information content (AvgIpc) is 2.26. The molecule has 1 amide bonds. The van der Waals surface area contributed by atoms with Crippen molar-refractivity contribution < 1.29 is 4.79 Å². The Bertz CT molecular complexity index is 402. The number of H-pyrrole nitrogens is 1. The molecule has 0 saturated heterocycles. The molecule has 0 saturated carbocycles. The van der Waals surface area contributed by atoms with Crippen molar-refractivity contribution in [2.75, 3.05) is 12.4 Å². The fourth-order valence-electron chi connectivity index (χ4n) is 1.08. The van der Waals surface area contributed by atoms with Gasteiger partial charge in [-0.05, 0) is 13.0 Å². The first-order chi connectivity index (χ1) is 7.06. The number of hydrogen-bond donors (Lipinski definition) is 1. The lowest BCUT2D eigenvalue weighted by Crippen LogP contribution is -2.36. The van der Waals surface area contributed by atoms with Gasteiger partial charge in [-0.15, -0.1) is 0 Å². The quantitative estimate of drug-likeness (QED) is 0.842. The minimum atomic E-state index is -0.263. The van der Waals surface area contributed by atoms with E-state index in [0.29, 0.717) is 10.9 Å². The highest BCUT2D eigenvalue weighted by Crippen LogP contribution is 2.05. The number of hydrogen-bond acceptors (Lipinski definition) is 2. The van der Waals surface area contributed by atoms with E-state index in [0.717, 1.165) is 0 Å². The van der Waals surface area contributed by atoms with Crippen molar-refractivity contribution in [3.63, 3.8) is 0 Å². The summed E-state index contributed by atoms with van der Waals surface area (Å²) < 4.78 is 0. The Morgan fingerprint density at radius 2 is 2.33 bits per heavy atom. The van der Waals surface area contributed by atoms with Gasteiger partial charge < -0.3 is 9.88 Å². The van der Waals surface area contributed by atoms with Gasteiger partial charge in [-0.25, -0.2) is 0 Å². The summed E-state index contributed by atoms with van der Waals surface area (Å²) in [5.74, 6) is -0.145. The van der Waals surface area contributed by atoms with E-state index in [4.69, 9.17) is 0 Å². The van der Waals surface area contributed by atoms with Crippen LogP contribution in [-0.2, 0) is 0 Å². The standard InChI is InChI=1S/C10H13BrN2O2/c1-7(6-11)13(2)10(15)8-3-4-12-9(14)5-8/h3-5,7H,6H2,1-2H3,(H,12,14). The Morgan fingerprint density at radius 3 is 2.87 bits per heavy atom. The van der Waals surface area contributed by atoms with Gasteiger partial charge in [-0.2, -0.15) is 0 Å². The van der Waals surface area contributed by atoms with Gasteiger partial charge in [0.1, 0.15) is 0 Å². The predicted octanol–water partition coefficient (Wildman–Crippen LogP) is 1.23. The maximum Gasteiger partial charge on any atom is 0.254 e. The number of carbonyl (C=O) groups excluding carboxylic acids is 1. The van der Waals surface area contributed by atoms with Gasteiger partial charge in [0.15, 0.2) is 0 Å². The summed E-state index contributed by atoms with van der Waals surface area (Å²) in [6.45, 7) is 1.93. The molecule has 1 aromatic heterocycles. The highest BCUT2D eigenvalue weighted by molar-refractivity contribution is 9.09. The van der Waals surface area contributed by atoms with Gasteiger partial charge in [0.05, 0.1) is 0 Å². The first-order valence-corrected chi connectivity index (χ1v) is 5.70. The minimum Gasteiger partial charge on any atom is -0.338 e. The van der Waals surface area contributed by atoms with E-state index in [2.05, 4.69) is 20.9 Å². The van der Waals surface area contributed by atoms with Gasteiger partial charge in [0.2, 0.25) is 5.56 Å². The maximum absolute atomic E-state index is 11.8. The molecule has 0 fully saturated rings. The van der Waals surface area contributed by atoms with Crippen LogP contribution in [0.25, 0.3) is 0 Å². The van der Waals surface area contributed by atoms with Crippen LogP contribution in [0.15, 0.2) is 23.1 Å². The van der Waals surface area contributed by atoms with E-state index < -0.39 is 0 Å². The van der Waals surface area contributed by atoms with Gasteiger partial charge >= 0.3 is 0 Å². The monoisotopic (exact) mass is 272 g/mol. The summed E-state index contributed by atoms with van der Waals surface area (Å²) >= 11 is 3.31. The first-order valence-electron chi connectivity index (χ1n) is 4.58. The molecule has 0 aliphatic carbocycles. The highest BCUT2D eigenvalue weighted by Gasteiger charge is 2.16. The summed E-state index contributed by atoms with van der Waals surface area (Å²) in [4.78, 5) is 26.9.